The van der Waals surface area contributed by atoms with Crippen LogP contribution in [0.4, 0.5) is 19.0 Å². The van der Waals surface area contributed by atoms with Crippen molar-refractivity contribution in [1.29, 1.82) is 0 Å². The van der Waals surface area contributed by atoms with Crippen LogP contribution in [-0.2, 0) is 6.54 Å². The molecule has 0 amide bonds. The van der Waals surface area contributed by atoms with Crippen LogP contribution in [0, 0.1) is 12.7 Å². The Balaban J connectivity index is 1.83. The molecule has 6 nitrogen and oxygen atoms in total. The highest BCUT2D eigenvalue weighted by atomic mass is 19.3. The molecule has 5 rings (SSSR count). The first-order valence-electron chi connectivity index (χ1n) is 10.3. The van der Waals surface area contributed by atoms with Gasteiger partial charge in [0.2, 0.25) is 0 Å². The van der Waals surface area contributed by atoms with Gasteiger partial charge in [-0.05, 0) is 26.0 Å². The van der Waals surface area contributed by atoms with Crippen molar-refractivity contribution < 1.29 is 17.9 Å². The molecule has 0 saturated carbocycles. The van der Waals surface area contributed by atoms with Crippen LogP contribution in [0.2, 0.25) is 0 Å². The Hall–Kier alpha value is -3.88. The average Bonchev–Trinajstić information content (AvgIpc) is 3.19. The quantitative estimate of drug-likeness (QED) is 0.415. The second-order valence-corrected chi connectivity index (χ2v) is 8.03. The number of hydrogen-bond acceptors (Lipinski definition) is 5. The summed E-state index contributed by atoms with van der Waals surface area (Å²) in [4.78, 5) is 8.53. The van der Waals surface area contributed by atoms with Gasteiger partial charge in [0.05, 0.1) is 35.9 Å². The average molecular weight is 451 g/mol. The van der Waals surface area contributed by atoms with Gasteiger partial charge in [0.1, 0.15) is 11.9 Å². The zero-order valence-corrected chi connectivity index (χ0v) is 17.9. The number of alkyl halides is 2. The molecule has 4 aromatic rings. The van der Waals surface area contributed by atoms with Crippen LogP contribution in [0.15, 0.2) is 48.9 Å². The third-order valence-corrected chi connectivity index (χ3v) is 5.72. The molecule has 0 spiro atoms. The van der Waals surface area contributed by atoms with Gasteiger partial charge in [0.25, 0.3) is 6.43 Å². The zero-order valence-electron chi connectivity index (χ0n) is 17.9. The van der Waals surface area contributed by atoms with Gasteiger partial charge in [-0.2, -0.15) is 5.10 Å². The third kappa shape index (κ3) is 3.69. The number of aromatic nitrogens is 4. The van der Waals surface area contributed by atoms with Crippen LogP contribution in [0.25, 0.3) is 22.5 Å². The van der Waals surface area contributed by atoms with Crippen molar-refractivity contribution in [2.45, 2.75) is 32.9 Å². The predicted molar refractivity (Wildman–Crippen MR) is 117 cm³/mol. The minimum Gasteiger partial charge on any atom is -0.482 e. The van der Waals surface area contributed by atoms with Crippen LogP contribution in [0.5, 0.6) is 5.75 Å². The van der Waals surface area contributed by atoms with Gasteiger partial charge >= 0.3 is 0 Å². The van der Waals surface area contributed by atoms with Crippen molar-refractivity contribution in [1.82, 2.24) is 19.7 Å². The number of rotatable bonds is 1. The van der Waals surface area contributed by atoms with Crippen molar-refractivity contribution in [2.24, 2.45) is 0 Å². The van der Waals surface area contributed by atoms with Gasteiger partial charge in [0.15, 0.2) is 11.6 Å². The Morgan fingerprint density at radius 3 is 2.73 bits per heavy atom. The van der Waals surface area contributed by atoms with Crippen LogP contribution in [0.1, 0.15) is 41.7 Å². The fourth-order valence-corrected chi connectivity index (χ4v) is 4.17. The molecule has 1 atom stereocenters. The Labute approximate surface area is 187 Å². The largest absolute Gasteiger partial charge is 0.482 e. The van der Waals surface area contributed by atoms with Crippen LogP contribution >= 0.6 is 0 Å². The molecule has 0 aliphatic carbocycles. The normalized spacial score (nSPS) is 15.0. The Kier molecular flexibility index (Phi) is 5.03. The first-order valence-corrected chi connectivity index (χ1v) is 10.3. The van der Waals surface area contributed by atoms with Crippen molar-refractivity contribution in [3.63, 3.8) is 0 Å². The van der Waals surface area contributed by atoms with Crippen LogP contribution in [-0.4, -0.2) is 19.7 Å². The van der Waals surface area contributed by atoms with Gasteiger partial charge in [0, 0.05) is 28.5 Å². The molecule has 0 unspecified atom stereocenters. The Bertz CT molecular complexity index is 1370. The molecule has 168 valence electrons. The molecular weight excluding hydrogens is 431 g/mol. The SMILES string of the molecule is Cc1ccc2c(c1)[C@@H](C)Oc1cc(cnc1N)-c1c(C(F)F)cnn1Cc1cc(F)cnc1-2. The lowest BCUT2D eigenvalue weighted by atomic mass is 9.95. The summed E-state index contributed by atoms with van der Waals surface area (Å²) in [6, 6.07) is 8.73. The number of pyridine rings is 2. The zero-order chi connectivity index (χ0) is 23.3. The van der Waals surface area contributed by atoms with E-state index >= 15 is 0 Å². The Morgan fingerprint density at radius 1 is 1.12 bits per heavy atom. The molecule has 9 heteroatoms. The van der Waals surface area contributed by atoms with Crippen molar-refractivity contribution >= 4 is 5.82 Å². The smallest absolute Gasteiger partial charge is 0.267 e. The summed E-state index contributed by atoms with van der Waals surface area (Å²) in [6.07, 6.45) is 0.414. The van der Waals surface area contributed by atoms with Gasteiger partial charge in [-0.15, -0.1) is 0 Å². The second kappa shape index (κ2) is 7.91. The highest BCUT2D eigenvalue weighted by Gasteiger charge is 2.25. The summed E-state index contributed by atoms with van der Waals surface area (Å²) in [5.41, 5.74) is 9.93. The number of hydrogen-bond donors (Lipinski definition) is 1. The lowest BCUT2D eigenvalue weighted by Crippen LogP contribution is -2.12. The van der Waals surface area contributed by atoms with Crippen molar-refractivity contribution in [2.75, 3.05) is 5.73 Å². The number of fused-ring (bicyclic) bond motifs is 7. The molecule has 3 aromatic heterocycles. The summed E-state index contributed by atoms with van der Waals surface area (Å²) < 4.78 is 49.5. The van der Waals surface area contributed by atoms with E-state index in [2.05, 4.69) is 15.1 Å². The van der Waals surface area contributed by atoms with Crippen LogP contribution < -0.4 is 10.5 Å². The highest BCUT2D eigenvalue weighted by molar-refractivity contribution is 5.71. The maximum absolute atomic E-state index is 14.2. The number of anilines is 1. The third-order valence-electron chi connectivity index (χ3n) is 5.72. The minimum atomic E-state index is -2.77. The summed E-state index contributed by atoms with van der Waals surface area (Å²) >= 11 is 0. The van der Waals surface area contributed by atoms with Gasteiger partial charge in [-0.25, -0.2) is 18.2 Å². The number of nitrogens with zero attached hydrogens (tertiary/aromatic N) is 4. The van der Waals surface area contributed by atoms with Gasteiger partial charge in [-0.3, -0.25) is 9.67 Å². The molecule has 1 aromatic carbocycles. The summed E-state index contributed by atoms with van der Waals surface area (Å²) in [7, 11) is 0. The molecule has 0 saturated heterocycles. The monoisotopic (exact) mass is 451 g/mol. The predicted octanol–water partition coefficient (Wildman–Crippen LogP) is 5.48. The van der Waals surface area contributed by atoms with Gasteiger partial charge < -0.3 is 10.5 Å². The van der Waals surface area contributed by atoms with E-state index in [4.69, 9.17) is 10.5 Å². The molecule has 0 radical (unpaired) electrons. The number of benzene rings is 1. The minimum absolute atomic E-state index is 0.0322. The molecule has 0 fully saturated rings. The summed E-state index contributed by atoms with van der Waals surface area (Å²) in [6.45, 7) is 3.85. The van der Waals surface area contributed by atoms with E-state index in [1.54, 1.807) is 6.07 Å². The molecule has 33 heavy (non-hydrogen) atoms. The van der Waals surface area contributed by atoms with E-state index in [1.165, 1.54) is 16.9 Å². The highest BCUT2D eigenvalue weighted by Crippen LogP contribution is 2.39. The number of halogens is 3. The van der Waals surface area contributed by atoms with E-state index in [0.717, 1.165) is 29.1 Å². The van der Waals surface area contributed by atoms with E-state index in [1.807, 2.05) is 32.0 Å². The summed E-state index contributed by atoms with van der Waals surface area (Å²) in [5.74, 6) is -0.117. The lowest BCUT2D eigenvalue weighted by Gasteiger charge is -2.22. The molecule has 4 heterocycles. The number of nitrogen functional groups attached to an aromatic ring is 1. The number of ether oxygens (including phenoxy) is 1. The number of nitrogens with two attached hydrogens (primary N) is 1. The fraction of sp³-hybridized carbons (Fsp3) is 0.208. The van der Waals surface area contributed by atoms with Crippen LogP contribution in [0.3, 0.4) is 0 Å². The first-order chi connectivity index (χ1) is 15.8. The maximum atomic E-state index is 14.2. The topological polar surface area (TPSA) is 78.9 Å². The fourth-order valence-electron chi connectivity index (χ4n) is 4.17. The van der Waals surface area contributed by atoms with Crippen molar-refractivity contribution in [3.05, 3.63) is 77.0 Å². The second-order valence-electron chi connectivity index (χ2n) is 8.03. The van der Waals surface area contributed by atoms with E-state index in [-0.39, 0.29) is 29.4 Å². The molecule has 2 bridgehead atoms. The standard InChI is InChI=1S/C24H20F3N5O/c1-12-3-4-17-18(5-12)13(2)33-20-7-14(8-30-24(20)28)22-19(23(26)27)10-31-32(22)11-15-6-16(25)9-29-21(15)17/h3-10,13,23H,11H2,1-2H3,(H2,28,30)/t13-/m1/s1. The van der Waals surface area contributed by atoms with E-state index < -0.39 is 18.3 Å². The molecule has 2 N–H and O–H groups in total. The van der Waals surface area contributed by atoms with Gasteiger partial charge in [-0.1, -0.05) is 23.8 Å². The van der Waals surface area contributed by atoms with E-state index in [0.29, 0.717) is 16.8 Å². The van der Waals surface area contributed by atoms with E-state index in [9.17, 15) is 13.2 Å². The number of aryl methyl sites for hydroxylation is 1. The lowest BCUT2D eigenvalue weighted by molar-refractivity contribution is 0.152. The molecular formula is C24H20F3N5O. The maximum Gasteiger partial charge on any atom is 0.267 e. The first kappa shape index (κ1) is 21.0. The molecule has 1 aliphatic rings. The Morgan fingerprint density at radius 2 is 1.94 bits per heavy atom. The summed E-state index contributed by atoms with van der Waals surface area (Å²) in [5, 5.41) is 4.18. The van der Waals surface area contributed by atoms with Crippen molar-refractivity contribution in [3.8, 4) is 28.3 Å². The molecule has 1 aliphatic heterocycles.